The number of hydrogen-bond acceptors (Lipinski definition) is 4. The highest BCUT2D eigenvalue weighted by Crippen LogP contribution is 2.17. The average molecular weight is 374 g/mol. The minimum atomic E-state index is -0.00412. The van der Waals surface area contributed by atoms with Crippen LogP contribution in [0.1, 0.15) is 36.0 Å². The fourth-order valence-electron chi connectivity index (χ4n) is 2.08. The van der Waals surface area contributed by atoms with Gasteiger partial charge in [-0.2, -0.15) is 0 Å². The Morgan fingerprint density at radius 3 is 2.58 bits per heavy atom. The predicted molar refractivity (Wildman–Crippen MR) is 107 cm³/mol. The van der Waals surface area contributed by atoms with Gasteiger partial charge in [0.1, 0.15) is 5.01 Å². The molecule has 0 aliphatic rings. The molecule has 0 saturated heterocycles. The molecule has 0 saturated carbocycles. The van der Waals surface area contributed by atoms with Crippen LogP contribution in [-0.2, 0) is 17.9 Å². The molecule has 2 aromatic rings. The molecule has 2 N–H and O–H groups in total. The van der Waals surface area contributed by atoms with Crippen LogP contribution < -0.4 is 10.6 Å². The van der Waals surface area contributed by atoms with E-state index < -0.39 is 0 Å². The Hall–Kier alpha value is -2.41. The second kappa shape index (κ2) is 9.91. The van der Waals surface area contributed by atoms with Crippen LogP contribution in [0.4, 0.5) is 0 Å². The first-order chi connectivity index (χ1) is 12.5. The lowest BCUT2D eigenvalue weighted by molar-refractivity contribution is -0.127. The molecule has 0 atom stereocenters. The molecular weight excluding hydrogens is 346 g/mol. The number of benzene rings is 1. The maximum absolute atomic E-state index is 11.8. The molecule has 140 valence electrons. The summed E-state index contributed by atoms with van der Waals surface area (Å²) in [6.07, 6.45) is 0. The summed E-state index contributed by atoms with van der Waals surface area (Å²) in [5.41, 5.74) is 2.22. The van der Waals surface area contributed by atoms with Crippen molar-refractivity contribution >= 4 is 23.2 Å². The van der Waals surface area contributed by atoms with Crippen molar-refractivity contribution in [3.05, 3.63) is 52.0 Å². The Morgan fingerprint density at radius 1 is 1.23 bits per heavy atom. The largest absolute Gasteiger partial charge is 0.350 e. The first-order valence-electron chi connectivity index (χ1n) is 8.66. The van der Waals surface area contributed by atoms with Crippen LogP contribution in [0.2, 0.25) is 0 Å². The van der Waals surface area contributed by atoms with Gasteiger partial charge < -0.3 is 15.5 Å². The summed E-state index contributed by atoms with van der Waals surface area (Å²) in [6.45, 7) is 5.58. The van der Waals surface area contributed by atoms with Crippen LogP contribution >= 0.6 is 11.3 Å². The van der Waals surface area contributed by atoms with Crippen LogP contribution in [-0.4, -0.2) is 42.4 Å². The molecule has 0 radical (unpaired) electrons. The van der Waals surface area contributed by atoms with Gasteiger partial charge in [-0.3, -0.25) is 4.79 Å². The molecule has 2 rings (SSSR count). The molecule has 1 aromatic heterocycles. The molecule has 7 heteroatoms. The summed E-state index contributed by atoms with van der Waals surface area (Å²) in [5, 5.41) is 9.45. The maximum atomic E-state index is 11.8. The molecule has 0 aliphatic carbocycles. The molecule has 26 heavy (non-hydrogen) atoms. The highest BCUT2D eigenvalue weighted by molar-refractivity contribution is 7.09. The number of likely N-dealkylation sites (N-methyl/N-ethyl adjacent to an activating group) is 1. The number of nitrogens with zero attached hydrogens (tertiary/aromatic N) is 3. The third-order valence-corrected chi connectivity index (χ3v) is 4.60. The van der Waals surface area contributed by atoms with Gasteiger partial charge in [-0.15, -0.1) is 11.3 Å². The predicted octanol–water partition coefficient (Wildman–Crippen LogP) is 2.59. The van der Waals surface area contributed by atoms with Crippen LogP contribution in [0, 0.1) is 0 Å². The summed E-state index contributed by atoms with van der Waals surface area (Å²) in [4.78, 5) is 22.6. The van der Waals surface area contributed by atoms with E-state index in [1.807, 2.05) is 30.3 Å². The summed E-state index contributed by atoms with van der Waals surface area (Å²) >= 11 is 1.63. The number of hydrogen-bond donors (Lipinski definition) is 2. The normalized spacial score (nSPS) is 11.5. The minimum Gasteiger partial charge on any atom is -0.350 e. The second-order valence-corrected chi connectivity index (χ2v) is 7.41. The van der Waals surface area contributed by atoms with Crippen molar-refractivity contribution in [3.8, 4) is 0 Å². The van der Waals surface area contributed by atoms with E-state index in [9.17, 15) is 4.79 Å². The first-order valence-corrected chi connectivity index (χ1v) is 9.54. The zero-order chi connectivity index (χ0) is 18.9. The molecule has 0 fully saturated rings. The van der Waals surface area contributed by atoms with Gasteiger partial charge >= 0.3 is 0 Å². The highest BCUT2D eigenvalue weighted by Gasteiger charge is 2.08. The summed E-state index contributed by atoms with van der Waals surface area (Å²) < 4.78 is 0. The van der Waals surface area contributed by atoms with E-state index >= 15 is 0 Å². The lowest BCUT2D eigenvalue weighted by Gasteiger charge is -2.14. The number of nitrogens with one attached hydrogen (secondary N) is 2. The van der Waals surface area contributed by atoms with Gasteiger partial charge in [0.25, 0.3) is 0 Å². The summed E-state index contributed by atoms with van der Waals surface area (Å²) in [5.74, 6) is 1.02. The van der Waals surface area contributed by atoms with Crippen molar-refractivity contribution < 1.29 is 4.79 Å². The van der Waals surface area contributed by atoms with Gasteiger partial charge in [-0.25, -0.2) is 9.98 Å². The van der Waals surface area contributed by atoms with Gasteiger partial charge in [0, 0.05) is 19.5 Å². The SMILES string of the molecule is CC(C)c1csc(CNC(=NCc2ccccc2)NCC(=O)N(C)C)n1. The zero-order valence-corrected chi connectivity index (χ0v) is 16.6. The van der Waals surface area contributed by atoms with Crippen LogP contribution in [0.25, 0.3) is 0 Å². The second-order valence-electron chi connectivity index (χ2n) is 6.47. The van der Waals surface area contributed by atoms with E-state index in [4.69, 9.17) is 0 Å². The number of thiazole rings is 1. The van der Waals surface area contributed by atoms with Crippen molar-refractivity contribution in [1.29, 1.82) is 0 Å². The van der Waals surface area contributed by atoms with Crippen molar-refractivity contribution in [2.75, 3.05) is 20.6 Å². The first kappa shape index (κ1) is 19.9. The van der Waals surface area contributed by atoms with E-state index in [1.165, 1.54) is 0 Å². The fraction of sp³-hybridized carbons (Fsp3) is 0.421. The monoisotopic (exact) mass is 373 g/mol. The Balaban J connectivity index is 1.99. The smallest absolute Gasteiger partial charge is 0.241 e. The molecule has 1 aromatic carbocycles. The van der Waals surface area contributed by atoms with Gasteiger partial charge in [-0.05, 0) is 11.5 Å². The molecule has 0 bridgehead atoms. The highest BCUT2D eigenvalue weighted by atomic mass is 32.1. The van der Waals surface area contributed by atoms with Crippen molar-refractivity contribution in [3.63, 3.8) is 0 Å². The van der Waals surface area contributed by atoms with Gasteiger partial charge in [0.15, 0.2) is 5.96 Å². The summed E-state index contributed by atoms with van der Waals surface area (Å²) in [7, 11) is 3.47. The molecule has 0 unspecified atom stereocenters. The van der Waals surface area contributed by atoms with Gasteiger partial charge in [-0.1, -0.05) is 44.2 Å². The van der Waals surface area contributed by atoms with Crippen LogP contribution in [0.5, 0.6) is 0 Å². The van der Waals surface area contributed by atoms with Gasteiger partial charge in [0.2, 0.25) is 5.91 Å². The van der Waals surface area contributed by atoms with Crippen LogP contribution in [0.15, 0.2) is 40.7 Å². The Labute approximate surface area is 159 Å². The summed E-state index contributed by atoms with van der Waals surface area (Å²) in [6, 6.07) is 10.0. The van der Waals surface area contributed by atoms with Crippen LogP contribution in [0.3, 0.4) is 0 Å². The molecule has 1 amide bonds. The molecule has 1 heterocycles. The number of amides is 1. The molecule has 6 nitrogen and oxygen atoms in total. The number of rotatable bonds is 7. The number of carbonyl (C=O) groups excluding carboxylic acids is 1. The Kier molecular flexibility index (Phi) is 7.59. The quantitative estimate of drug-likeness (QED) is 0.578. The lowest BCUT2D eigenvalue weighted by Crippen LogP contribution is -2.42. The molecule has 0 spiro atoms. The van der Waals surface area contributed by atoms with Crippen molar-refractivity contribution in [2.45, 2.75) is 32.9 Å². The molecule has 0 aliphatic heterocycles. The van der Waals surface area contributed by atoms with E-state index in [0.717, 1.165) is 16.3 Å². The number of aliphatic imine (C=N–C) groups is 1. The third kappa shape index (κ3) is 6.48. The third-order valence-electron chi connectivity index (χ3n) is 3.74. The maximum Gasteiger partial charge on any atom is 0.241 e. The minimum absolute atomic E-state index is 0.00412. The van der Waals surface area contributed by atoms with E-state index in [2.05, 4.69) is 39.8 Å². The van der Waals surface area contributed by atoms with Crippen molar-refractivity contribution in [2.24, 2.45) is 4.99 Å². The Bertz CT molecular complexity index is 725. The zero-order valence-electron chi connectivity index (χ0n) is 15.8. The van der Waals surface area contributed by atoms with Gasteiger partial charge in [0.05, 0.1) is 25.3 Å². The topological polar surface area (TPSA) is 69.6 Å². The number of aromatic nitrogens is 1. The van der Waals surface area contributed by atoms with E-state index in [-0.39, 0.29) is 12.5 Å². The number of guanidine groups is 1. The van der Waals surface area contributed by atoms with Crippen molar-refractivity contribution in [1.82, 2.24) is 20.5 Å². The van der Waals surface area contributed by atoms with E-state index in [0.29, 0.717) is 25.0 Å². The number of carbonyl (C=O) groups is 1. The molecular formula is C19H27N5OS. The Morgan fingerprint density at radius 2 is 1.96 bits per heavy atom. The standard InChI is InChI=1S/C19H27N5OS/c1-14(2)16-13-26-17(23-16)11-21-19(22-12-18(25)24(3)4)20-10-15-8-6-5-7-9-15/h5-9,13-14H,10-12H2,1-4H3,(H2,20,21,22). The lowest BCUT2D eigenvalue weighted by atomic mass is 10.2. The average Bonchev–Trinajstić information content (AvgIpc) is 3.11. The van der Waals surface area contributed by atoms with E-state index in [1.54, 1.807) is 30.3 Å². The fourth-order valence-corrected chi connectivity index (χ4v) is 2.97.